The molecule has 1 aliphatic rings. The van der Waals surface area contributed by atoms with Crippen molar-refractivity contribution in [3.63, 3.8) is 0 Å². The summed E-state index contributed by atoms with van der Waals surface area (Å²) in [6.45, 7) is 2.79. The monoisotopic (exact) mass is 367 g/mol. The zero-order valence-electron chi connectivity index (χ0n) is 15.2. The second-order valence-corrected chi connectivity index (χ2v) is 6.60. The van der Waals surface area contributed by atoms with E-state index in [1.807, 2.05) is 42.6 Å². The van der Waals surface area contributed by atoms with Crippen LogP contribution in [-0.4, -0.2) is 41.7 Å². The molecule has 1 aliphatic heterocycles. The Labute approximate surface area is 157 Å². The predicted molar refractivity (Wildman–Crippen MR) is 101 cm³/mol. The summed E-state index contributed by atoms with van der Waals surface area (Å²) in [4.78, 5) is 10.3. The quantitative estimate of drug-likeness (QED) is 0.745. The van der Waals surface area contributed by atoms with Gasteiger partial charge in [0.2, 0.25) is 0 Å². The van der Waals surface area contributed by atoms with Gasteiger partial charge in [-0.05, 0) is 29.8 Å². The van der Waals surface area contributed by atoms with E-state index in [2.05, 4.69) is 14.9 Å². The highest BCUT2D eigenvalue weighted by molar-refractivity contribution is 5.60. The van der Waals surface area contributed by atoms with E-state index in [-0.39, 0.29) is 11.9 Å². The topological polar surface area (TPSA) is 50.4 Å². The molecule has 1 aromatic heterocycles. The number of nitrogens with one attached hydrogen (secondary N) is 1. The highest BCUT2D eigenvalue weighted by atomic mass is 19.1. The van der Waals surface area contributed by atoms with E-state index < -0.39 is 0 Å². The van der Waals surface area contributed by atoms with Gasteiger partial charge in [-0.1, -0.05) is 24.3 Å². The maximum atomic E-state index is 13.2. The lowest BCUT2D eigenvalue weighted by Crippen LogP contribution is -2.39. The van der Waals surface area contributed by atoms with Crippen molar-refractivity contribution in [1.82, 2.24) is 14.9 Å². The Morgan fingerprint density at radius 1 is 1.26 bits per heavy atom. The van der Waals surface area contributed by atoms with Crippen molar-refractivity contribution >= 4 is 0 Å². The fraction of sp³-hybridized carbons (Fsp3) is 0.286. The van der Waals surface area contributed by atoms with E-state index in [4.69, 9.17) is 9.47 Å². The number of ether oxygens (including phenoxy) is 2. The SMILES string of the molecule is COc1cccc(-c2cnc([C@@H]3COCCN3Cc3ccc(F)cc3)[nH]2)c1. The molecular weight excluding hydrogens is 345 g/mol. The summed E-state index contributed by atoms with van der Waals surface area (Å²) < 4.78 is 24.2. The maximum Gasteiger partial charge on any atom is 0.126 e. The third-order valence-electron chi connectivity index (χ3n) is 4.83. The van der Waals surface area contributed by atoms with Gasteiger partial charge in [-0.25, -0.2) is 9.37 Å². The van der Waals surface area contributed by atoms with Crippen LogP contribution in [0.15, 0.2) is 54.7 Å². The molecule has 1 fully saturated rings. The van der Waals surface area contributed by atoms with E-state index >= 15 is 0 Å². The molecule has 0 bridgehead atoms. The van der Waals surface area contributed by atoms with Gasteiger partial charge in [0.25, 0.3) is 0 Å². The van der Waals surface area contributed by atoms with Gasteiger partial charge in [0.15, 0.2) is 0 Å². The van der Waals surface area contributed by atoms with Crippen LogP contribution in [0.25, 0.3) is 11.3 Å². The second-order valence-electron chi connectivity index (χ2n) is 6.60. The largest absolute Gasteiger partial charge is 0.497 e. The maximum absolute atomic E-state index is 13.2. The molecule has 0 unspecified atom stereocenters. The average molecular weight is 367 g/mol. The first-order chi connectivity index (χ1) is 13.2. The van der Waals surface area contributed by atoms with Gasteiger partial charge >= 0.3 is 0 Å². The van der Waals surface area contributed by atoms with Gasteiger partial charge in [-0.15, -0.1) is 0 Å². The van der Waals surface area contributed by atoms with Crippen molar-refractivity contribution in [3.8, 4) is 17.0 Å². The zero-order chi connectivity index (χ0) is 18.6. The number of hydrogen-bond donors (Lipinski definition) is 1. The third kappa shape index (κ3) is 4.02. The molecule has 3 aromatic rings. The Kier molecular flexibility index (Phi) is 5.18. The average Bonchev–Trinajstić information content (AvgIpc) is 3.20. The summed E-state index contributed by atoms with van der Waals surface area (Å²) in [6.07, 6.45) is 1.84. The third-order valence-corrected chi connectivity index (χ3v) is 4.83. The first-order valence-electron chi connectivity index (χ1n) is 8.98. The van der Waals surface area contributed by atoms with Crippen LogP contribution in [0.4, 0.5) is 4.39 Å². The molecule has 140 valence electrons. The summed E-state index contributed by atoms with van der Waals surface area (Å²) in [5, 5.41) is 0. The van der Waals surface area contributed by atoms with E-state index in [1.165, 1.54) is 12.1 Å². The normalized spacial score (nSPS) is 17.8. The molecule has 0 saturated carbocycles. The molecule has 0 amide bonds. The lowest BCUT2D eigenvalue weighted by atomic mass is 10.1. The number of nitrogens with zero attached hydrogens (tertiary/aromatic N) is 2. The smallest absolute Gasteiger partial charge is 0.126 e. The molecule has 2 heterocycles. The van der Waals surface area contributed by atoms with Crippen molar-refractivity contribution in [1.29, 1.82) is 0 Å². The number of halogens is 1. The van der Waals surface area contributed by atoms with Crippen molar-refractivity contribution in [2.75, 3.05) is 26.9 Å². The van der Waals surface area contributed by atoms with Crippen LogP contribution >= 0.6 is 0 Å². The van der Waals surface area contributed by atoms with E-state index in [0.29, 0.717) is 13.2 Å². The number of morpholine rings is 1. The standard InChI is InChI=1S/C21H22FN3O2/c1-26-18-4-2-3-16(11-18)19-12-23-21(24-19)20-14-27-10-9-25(20)13-15-5-7-17(22)8-6-15/h2-8,11-12,20H,9-10,13-14H2,1H3,(H,23,24)/t20-/m0/s1. The van der Waals surface area contributed by atoms with Gasteiger partial charge < -0.3 is 14.5 Å². The van der Waals surface area contributed by atoms with Crippen molar-refractivity contribution < 1.29 is 13.9 Å². The molecule has 6 heteroatoms. The summed E-state index contributed by atoms with van der Waals surface area (Å²) in [6, 6.07) is 14.6. The molecule has 1 saturated heterocycles. The molecule has 0 aliphatic carbocycles. The van der Waals surface area contributed by atoms with Gasteiger partial charge in [0.05, 0.1) is 38.3 Å². The van der Waals surface area contributed by atoms with Gasteiger partial charge in [-0.2, -0.15) is 0 Å². The molecule has 0 spiro atoms. The minimum absolute atomic E-state index is 0.0307. The van der Waals surface area contributed by atoms with E-state index in [1.54, 1.807) is 7.11 Å². The van der Waals surface area contributed by atoms with Crippen LogP contribution in [0.3, 0.4) is 0 Å². The summed E-state index contributed by atoms with van der Waals surface area (Å²) in [5.74, 6) is 1.46. The molecular formula is C21H22FN3O2. The predicted octanol–water partition coefficient (Wildman–Crippen LogP) is 3.80. The Bertz CT molecular complexity index is 894. The first kappa shape index (κ1) is 17.7. The Balaban J connectivity index is 1.55. The second kappa shape index (κ2) is 7.90. The highest BCUT2D eigenvalue weighted by Gasteiger charge is 2.27. The lowest BCUT2D eigenvalue weighted by Gasteiger charge is -2.34. The number of imidazole rings is 1. The fourth-order valence-electron chi connectivity index (χ4n) is 3.35. The zero-order valence-corrected chi connectivity index (χ0v) is 15.2. The van der Waals surface area contributed by atoms with Crippen LogP contribution in [0.2, 0.25) is 0 Å². The van der Waals surface area contributed by atoms with Crippen molar-refractivity contribution in [2.45, 2.75) is 12.6 Å². The molecule has 4 rings (SSSR count). The van der Waals surface area contributed by atoms with E-state index in [9.17, 15) is 4.39 Å². The number of methoxy groups -OCH3 is 1. The molecule has 0 radical (unpaired) electrons. The number of benzene rings is 2. The Hall–Kier alpha value is -2.70. The number of aromatic amines is 1. The van der Waals surface area contributed by atoms with Crippen molar-refractivity contribution in [3.05, 3.63) is 71.9 Å². The molecule has 1 N–H and O–H groups in total. The van der Waals surface area contributed by atoms with Gasteiger partial charge in [-0.3, -0.25) is 4.90 Å². The Morgan fingerprint density at radius 3 is 2.93 bits per heavy atom. The lowest BCUT2D eigenvalue weighted by molar-refractivity contribution is -0.0156. The summed E-state index contributed by atoms with van der Waals surface area (Å²) in [5.41, 5.74) is 3.04. The van der Waals surface area contributed by atoms with Crippen LogP contribution in [0, 0.1) is 5.82 Å². The number of rotatable bonds is 5. The van der Waals surface area contributed by atoms with E-state index in [0.717, 1.165) is 41.5 Å². The summed E-state index contributed by atoms with van der Waals surface area (Å²) >= 11 is 0. The Morgan fingerprint density at radius 2 is 2.11 bits per heavy atom. The number of H-pyrrole nitrogens is 1. The molecule has 5 nitrogen and oxygen atoms in total. The van der Waals surface area contributed by atoms with Crippen LogP contribution in [-0.2, 0) is 11.3 Å². The minimum atomic E-state index is -0.216. The van der Waals surface area contributed by atoms with Gasteiger partial charge in [0, 0.05) is 18.7 Å². The highest BCUT2D eigenvalue weighted by Crippen LogP contribution is 2.27. The fourth-order valence-corrected chi connectivity index (χ4v) is 3.35. The number of hydrogen-bond acceptors (Lipinski definition) is 4. The molecule has 1 atom stereocenters. The molecule has 2 aromatic carbocycles. The minimum Gasteiger partial charge on any atom is -0.497 e. The van der Waals surface area contributed by atoms with Crippen LogP contribution in [0.5, 0.6) is 5.75 Å². The first-order valence-corrected chi connectivity index (χ1v) is 8.98. The van der Waals surface area contributed by atoms with Crippen molar-refractivity contribution in [2.24, 2.45) is 0 Å². The summed E-state index contributed by atoms with van der Waals surface area (Å²) in [7, 11) is 1.66. The van der Waals surface area contributed by atoms with Crippen LogP contribution in [0.1, 0.15) is 17.4 Å². The number of aromatic nitrogens is 2. The molecule has 27 heavy (non-hydrogen) atoms. The van der Waals surface area contributed by atoms with Crippen LogP contribution < -0.4 is 4.74 Å². The van der Waals surface area contributed by atoms with Gasteiger partial charge in [0.1, 0.15) is 17.4 Å².